The first kappa shape index (κ1) is 24.3. The third kappa shape index (κ3) is 4.61. The fourth-order valence-corrected chi connectivity index (χ4v) is 5.41. The van der Waals surface area contributed by atoms with Gasteiger partial charge in [-0.3, -0.25) is 9.09 Å². The molecule has 1 saturated heterocycles. The van der Waals surface area contributed by atoms with E-state index in [4.69, 9.17) is 26.0 Å². The second kappa shape index (κ2) is 9.46. The number of aliphatic imine (C=N–C) groups is 1. The average molecular weight is 485 g/mol. The van der Waals surface area contributed by atoms with Crippen molar-refractivity contribution in [2.75, 3.05) is 12.3 Å². The summed E-state index contributed by atoms with van der Waals surface area (Å²) >= 11 is 0. The number of hydrogen-bond acceptors (Lipinski definition) is 9. The third-order valence-corrected chi connectivity index (χ3v) is 7.33. The van der Waals surface area contributed by atoms with E-state index in [0.29, 0.717) is 18.0 Å². The average Bonchev–Trinajstić information content (AvgIpc) is 3.38. The lowest BCUT2D eigenvalue weighted by Gasteiger charge is -2.32. The molecule has 0 amide bonds. The molecule has 0 bridgehead atoms. The van der Waals surface area contributed by atoms with Crippen molar-refractivity contribution in [1.29, 1.82) is 0 Å². The minimum atomic E-state index is -4.76. The summed E-state index contributed by atoms with van der Waals surface area (Å²) in [4.78, 5) is 26.8. The van der Waals surface area contributed by atoms with E-state index >= 15 is 0 Å². The SMILES string of the molecule is NC1=NC=C2CCCCCCCCC21c1ncn(C2OC(COP(=O)(O)O)C(O)C2O)c1N. The van der Waals surface area contributed by atoms with Crippen molar-refractivity contribution in [2.24, 2.45) is 10.7 Å². The molecular formula is C20H32N5O7P. The molecule has 3 heterocycles. The van der Waals surface area contributed by atoms with Crippen molar-refractivity contribution in [3.05, 3.63) is 23.8 Å². The van der Waals surface area contributed by atoms with Crippen molar-refractivity contribution in [2.45, 2.75) is 81.3 Å². The van der Waals surface area contributed by atoms with Gasteiger partial charge in [-0.2, -0.15) is 0 Å². The van der Waals surface area contributed by atoms with E-state index in [1.807, 2.05) is 6.20 Å². The molecule has 184 valence electrons. The molecule has 0 spiro atoms. The van der Waals surface area contributed by atoms with Crippen LogP contribution in [0.3, 0.4) is 0 Å². The summed E-state index contributed by atoms with van der Waals surface area (Å²) < 4.78 is 22.5. The van der Waals surface area contributed by atoms with Crippen LogP contribution in [-0.2, 0) is 19.2 Å². The summed E-state index contributed by atoms with van der Waals surface area (Å²) in [6.45, 7) is -0.600. The number of nitrogen functional groups attached to an aromatic ring is 1. The zero-order valence-corrected chi connectivity index (χ0v) is 19.2. The molecule has 1 saturated carbocycles. The zero-order chi connectivity index (χ0) is 23.8. The number of fused-ring (bicyclic) bond motifs is 1. The lowest BCUT2D eigenvalue weighted by molar-refractivity contribution is -0.0511. The summed E-state index contributed by atoms with van der Waals surface area (Å²) in [5.41, 5.74) is 13.8. The largest absolute Gasteiger partial charge is 0.469 e. The smallest absolute Gasteiger partial charge is 0.387 e. The van der Waals surface area contributed by atoms with Gasteiger partial charge < -0.3 is 36.2 Å². The number of nitrogens with two attached hydrogens (primary N) is 2. The highest BCUT2D eigenvalue weighted by molar-refractivity contribution is 7.46. The molecule has 0 radical (unpaired) electrons. The predicted molar refractivity (Wildman–Crippen MR) is 119 cm³/mol. The Kier molecular flexibility index (Phi) is 6.97. The van der Waals surface area contributed by atoms with Gasteiger partial charge in [0.1, 0.15) is 35.7 Å². The Morgan fingerprint density at radius 2 is 1.85 bits per heavy atom. The normalized spacial score (nSPS) is 33.5. The van der Waals surface area contributed by atoms with Crippen LogP contribution in [0.4, 0.5) is 5.82 Å². The Morgan fingerprint density at radius 1 is 1.15 bits per heavy atom. The Hall–Kier alpha value is -1.79. The zero-order valence-electron chi connectivity index (χ0n) is 18.3. The van der Waals surface area contributed by atoms with E-state index in [-0.39, 0.29) is 5.82 Å². The number of phosphoric ester groups is 1. The fraction of sp³-hybridized carbons (Fsp3) is 0.700. The van der Waals surface area contributed by atoms with Gasteiger partial charge in [-0.05, 0) is 24.8 Å². The number of aliphatic hydroxyl groups excluding tert-OH is 2. The molecule has 12 nitrogen and oxygen atoms in total. The number of aromatic nitrogens is 2. The number of ether oxygens (including phenoxy) is 1. The monoisotopic (exact) mass is 485 g/mol. The van der Waals surface area contributed by atoms with Gasteiger partial charge in [0.15, 0.2) is 6.23 Å². The molecule has 33 heavy (non-hydrogen) atoms. The number of rotatable bonds is 5. The van der Waals surface area contributed by atoms with E-state index in [1.165, 1.54) is 17.3 Å². The van der Waals surface area contributed by atoms with Crippen molar-refractivity contribution in [3.63, 3.8) is 0 Å². The predicted octanol–water partition coefficient (Wildman–Crippen LogP) is 0.821. The van der Waals surface area contributed by atoms with E-state index in [2.05, 4.69) is 14.5 Å². The highest BCUT2D eigenvalue weighted by Crippen LogP contribution is 2.46. The standard InChI is InChI=1S/C20H32N5O7P/c21-17-16(20-8-6-4-2-1-3-5-7-12(20)9-23-19(20)22)24-11-25(17)18-15(27)14(26)13(32-18)10-31-33(28,29)30/h9,11,13-15,18,26-27H,1-8,10,21H2,(H2,22,23)(H2,28,29,30). The maximum absolute atomic E-state index is 11.0. The first-order chi connectivity index (χ1) is 15.6. The summed E-state index contributed by atoms with van der Waals surface area (Å²) in [7, 11) is -4.76. The topological polar surface area (TPSA) is 199 Å². The molecule has 2 aliphatic heterocycles. The lowest BCUT2D eigenvalue weighted by atomic mass is 9.71. The van der Waals surface area contributed by atoms with Crippen LogP contribution in [0.5, 0.6) is 0 Å². The van der Waals surface area contributed by atoms with Gasteiger partial charge >= 0.3 is 7.82 Å². The molecule has 5 atom stereocenters. The van der Waals surface area contributed by atoms with E-state index in [9.17, 15) is 14.8 Å². The molecular weight excluding hydrogens is 453 g/mol. The molecule has 13 heteroatoms. The second-order valence-electron chi connectivity index (χ2n) is 8.91. The Labute approximate surface area is 191 Å². The quantitative estimate of drug-likeness (QED) is 0.325. The Bertz CT molecular complexity index is 976. The first-order valence-electron chi connectivity index (χ1n) is 11.2. The van der Waals surface area contributed by atoms with Crippen molar-refractivity contribution in [3.8, 4) is 0 Å². The second-order valence-corrected chi connectivity index (χ2v) is 10.2. The van der Waals surface area contributed by atoms with Gasteiger partial charge in [-0.25, -0.2) is 14.5 Å². The van der Waals surface area contributed by atoms with Gasteiger partial charge in [0.25, 0.3) is 0 Å². The van der Waals surface area contributed by atoms with E-state index < -0.39 is 44.4 Å². The molecule has 4 rings (SSSR count). The van der Waals surface area contributed by atoms with Crippen molar-refractivity contribution >= 4 is 19.5 Å². The van der Waals surface area contributed by atoms with Crippen molar-refractivity contribution < 1.29 is 33.8 Å². The molecule has 0 aromatic carbocycles. The number of phosphoric acid groups is 1. The number of nitrogens with zero attached hydrogens (tertiary/aromatic N) is 3. The van der Waals surface area contributed by atoms with Crippen LogP contribution in [0.2, 0.25) is 0 Å². The molecule has 3 aliphatic rings. The van der Waals surface area contributed by atoms with Crippen LogP contribution < -0.4 is 11.5 Å². The molecule has 2 fully saturated rings. The van der Waals surface area contributed by atoms with Crippen LogP contribution in [0, 0.1) is 0 Å². The molecule has 1 aliphatic carbocycles. The number of hydrogen-bond donors (Lipinski definition) is 6. The minimum Gasteiger partial charge on any atom is -0.387 e. The van der Waals surface area contributed by atoms with E-state index in [1.54, 1.807) is 0 Å². The van der Waals surface area contributed by atoms with Crippen LogP contribution in [0.25, 0.3) is 0 Å². The van der Waals surface area contributed by atoms with Crippen molar-refractivity contribution in [1.82, 2.24) is 9.55 Å². The van der Waals surface area contributed by atoms with Crippen LogP contribution >= 0.6 is 7.82 Å². The number of aliphatic hydroxyl groups is 2. The van der Waals surface area contributed by atoms with Crippen LogP contribution in [0.15, 0.2) is 23.1 Å². The highest BCUT2D eigenvalue weighted by atomic mass is 31.2. The molecule has 1 aromatic heterocycles. The third-order valence-electron chi connectivity index (χ3n) is 6.85. The number of imidazole rings is 1. The summed E-state index contributed by atoms with van der Waals surface area (Å²) in [5.74, 6) is 0.668. The van der Waals surface area contributed by atoms with Crippen LogP contribution in [-0.4, -0.2) is 60.3 Å². The summed E-state index contributed by atoms with van der Waals surface area (Å²) in [6, 6.07) is 0. The van der Waals surface area contributed by atoms with Gasteiger partial charge in [0.2, 0.25) is 0 Å². The van der Waals surface area contributed by atoms with E-state index in [0.717, 1.165) is 44.1 Å². The van der Waals surface area contributed by atoms with Gasteiger partial charge in [0.05, 0.1) is 18.3 Å². The van der Waals surface area contributed by atoms with Gasteiger partial charge in [0, 0.05) is 6.20 Å². The fourth-order valence-electron chi connectivity index (χ4n) is 5.07. The summed E-state index contributed by atoms with van der Waals surface area (Å²) in [5, 5.41) is 20.9. The van der Waals surface area contributed by atoms with Crippen LogP contribution in [0.1, 0.15) is 63.3 Å². The highest BCUT2D eigenvalue weighted by Gasteiger charge is 2.49. The van der Waals surface area contributed by atoms with Gasteiger partial charge in [-0.1, -0.05) is 32.1 Å². The maximum Gasteiger partial charge on any atom is 0.469 e. The molecule has 5 unspecified atom stereocenters. The number of anilines is 1. The summed E-state index contributed by atoms with van der Waals surface area (Å²) in [6.07, 6.45) is 6.19. The van der Waals surface area contributed by atoms with Gasteiger partial charge in [-0.15, -0.1) is 0 Å². The maximum atomic E-state index is 11.0. The minimum absolute atomic E-state index is 0.228. The first-order valence-corrected chi connectivity index (χ1v) is 12.8. The number of amidine groups is 1. The Balaban J connectivity index is 1.63. The molecule has 1 aromatic rings. The lowest BCUT2D eigenvalue weighted by Crippen LogP contribution is -2.42. The Morgan fingerprint density at radius 3 is 2.58 bits per heavy atom. The molecule has 8 N–H and O–H groups in total.